The maximum Gasteiger partial charge on any atom is 0.240 e. The molecule has 1 aliphatic heterocycles. The molecule has 1 N–H and O–H groups in total. The topological polar surface area (TPSA) is 57.7 Å². The van der Waals surface area contributed by atoms with E-state index in [1.54, 1.807) is 7.11 Å². The number of nitrogens with zero attached hydrogens (tertiary/aromatic N) is 3. The summed E-state index contributed by atoms with van der Waals surface area (Å²) in [5.74, 6) is 0.722. The van der Waals surface area contributed by atoms with Crippen LogP contribution in [0.2, 0.25) is 0 Å². The molecule has 2 aromatic rings. The van der Waals surface area contributed by atoms with Crippen molar-refractivity contribution in [1.29, 1.82) is 0 Å². The summed E-state index contributed by atoms with van der Waals surface area (Å²) in [6.45, 7) is 8.73. The smallest absolute Gasteiger partial charge is 0.240 e. The van der Waals surface area contributed by atoms with Crippen LogP contribution in [0.4, 0.5) is 5.13 Å². The van der Waals surface area contributed by atoms with Gasteiger partial charge in [-0.2, -0.15) is 0 Å². The fourth-order valence-electron chi connectivity index (χ4n) is 2.94. The predicted molar refractivity (Wildman–Crippen MR) is 98.0 cm³/mol. The maximum atomic E-state index is 12.3. The molecule has 24 heavy (non-hydrogen) atoms. The van der Waals surface area contributed by atoms with E-state index < -0.39 is 0 Å². The second-order valence-corrected chi connectivity index (χ2v) is 7.31. The van der Waals surface area contributed by atoms with E-state index in [2.05, 4.69) is 33.9 Å². The molecule has 1 aromatic heterocycles. The van der Waals surface area contributed by atoms with Crippen molar-refractivity contribution >= 4 is 32.6 Å². The minimum Gasteiger partial charge on any atom is -0.494 e. The zero-order valence-corrected chi connectivity index (χ0v) is 15.2. The van der Waals surface area contributed by atoms with Crippen molar-refractivity contribution in [3.63, 3.8) is 0 Å². The van der Waals surface area contributed by atoms with Crippen LogP contribution in [0.3, 0.4) is 0 Å². The molecule has 0 bridgehead atoms. The second-order valence-electron chi connectivity index (χ2n) is 6.28. The molecule has 3 rings (SSSR count). The molecule has 0 radical (unpaired) electrons. The van der Waals surface area contributed by atoms with Crippen LogP contribution in [-0.2, 0) is 4.79 Å². The van der Waals surface area contributed by atoms with Crippen LogP contribution in [0.15, 0.2) is 18.2 Å². The summed E-state index contributed by atoms with van der Waals surface area (Å²) in [6, 6.07) is 6.36. The van der Waals surface area contributed by atoms with Gasteiger partial charge in [0.25, 0.3) is 0 Å². The Morgan fingerprint density at radius 3 is 2.75 bits per heavy atom. The lowest BCUT2D eigenvalue weighted by Crippen LogP contribution is -2.50. The Bertz CT molecular complexity index is 708. The summed E-state index contributed by atoms with van der Waals surface area (Å²) >= 11 is 1.47. The number of nitrogens with one attached hydrogen (secondary N) is 1. The van der Waals surface area contributed by atoms with Crippen molar-refractivity contribution in [2.45, 2.75) is 19.9 Å². The number of aromatic nitrogens is 1. The first-order valence-corrected chi connectivity index (χ1v) is 9.08. The van der Waals surface area contributed by atoms with E-state index in [-0.39, 0.29) is 5.91 Å². The number of amides is 1. The molecule has 0 spiro atoms. The lowest BCUT2D eigenvalue weighted by Gasteiger charge is -2.36. The van der Waals surface area contributed by atoms with Gasteiger partial charge >= 0.3 is 0 Å². The third-order valence-corrected chi connectivity index (χ3v) is 5.29. The number of benzene rings is 1. The normalized spacial score (nSPS) is 16.7. The van der Waals surface area contributed by atoms with Crippen LogP contribution >= 0.6 is 11.3 Å². The number of carbonyl (C=O) groups is 1. The number of fused-ring (bicyclic) bond motifs is 1. The molecule has 7 heteroatoms. The molecule has 0 atom stereocenters. The van der Waals surface area contributed by atoms with Crippen molar-refractivity contribution in [2.24, 2.45) is 0 Å². The molecule has 2 heterocycles. The molecule has 130 valence electrons. The number of anilines is 1. The quantitative estimate of drug-likeness (QED) is 0.898. The summed E-state index contributed by atoms with van der Waals surface area (Å²) in [6.07, 6.45) is 0. The van der Waals surface area contributed by atoms with E-state index in [4.69, 9.17) is 4.74 Å². The number of methoxy groups -OCH3 is 1. The lowest BCUT2D eigenvalue weighted by atomic mass is 10.2. The van der Waals surface area contributed by atoms with Gasteiger partial charge in [0, 0.05) is 32.2 Å². The number of thiazole rings is 1. The number of carbonyl (C=O) groups excluding carboxylic acids is 1. The Kier molecular flexibility index (Phi) is 5.33. The average Bonchev–Trinajstić information content (AvgIpc) is 2.97. The van der Waals surface area contributed by atoms with E-state index in [9.17, 15) is 4.79 Å². The fourth-order valence-corrected chi connectivity index (χ4v) is 3.84. The van der Waals surface area contributed by atoms with Crippen molar-refractivity contribution in [2.75, 3.05) is 45.2 Å². The highest BCUT2D eigenvalue weighted by Gasteiger charge is 2.21. The monoisotopic (exact) mass is 348 g/mol. The number of hydrogen-bond donors (Lipinski definition) is 1. The van der Waals surface area contributed by atoms with Gasteiger partial charge in [0.15, 0.2) is 5.13 Å². The first-order chi connectivity index (χ1) is 11.6. The Hall–Kier alpha value is -1.70. The Balaban J connectivity index is 1.58. The lowest BCUT2D eigenvalue weighted by molar-refractivity contribution is -0.117. The second kappa shape index (κ2) is 7.46. The minimum atomic E-state index is -0.00831. The number of rotatable bonds is 5. The van der Waals surface area contributed by atoms with E-state index in [0.717, 1.165) is 42.1 Å². The van der Waals surface area contributed by atoms with Crippen molar-refractivity contribution in [1.82, 2.24) is 14.8 Å². The molecular formula is C17H24N4O2S. The Labute approximate surface area is 146 Å². The number of ether oxygens (including phenoxy) is 1. The molecule has 1 aliphatic rings. The molecule has 0 aliphatic carbocycles. The molecule has 1 saturated heterocycles. The number of hydrogen-bond acceptors (Lipinski definition) is 6. The van der Waals surface area contributed by atoms with E-state index >= 15 is 0 Å². The van der Waals surface area contributed by atoms with Gasteiger partial charge in [-0.15, -0.1) is 0 Å². The van der Waals surface area contributed by atoms with Crippen molar-refractivity contribution in [3.8, 4) is 5.75 Å². The fraction of sp³-hybridized carbons (Fsp3) is 0.529. The van der Waals surface area contributed by atoms with Gasteiger partial charge in [-0.3, -0.25) is 14.6 Å². The van der Waals surface area contributed by atoms with Crippen LogP contribution in [-0.4, -0.2) is 66.6 Å². The molecule has 1 aromatic carbocycles. The van der Waals surface area contributed by atoms with Crippen LogP contribution in [0.5, 0.6) is 5.75 Å². The summed E-state index contributed by atoms with van der Waals surface area (Å²) < 4.78 is 6.32. The molecule has 0 unspecified atom stereocenters. The Morgan fingerprint density at radius 1 is 1.33 bits per heavy atom. The van der Waals surface area contributed by atoms with Crippen LogP contribution in [0.1, 0.15) is 13.8 Å². The standard InChI is InChI=1S/C17H24N4O2S/c1-12(2)21-9-7-20(8-10-21)11-15(22)18-17-19-16-13(23-3)5-4-6-14(16)24-17/h4-6,12H,7-11H2,1-3H3,(H,18,19,22). The zero-order valence-electron chi connectivity index (χ0n) is 14.4. The molecule has 1 fully saturated rings. The highest BCUT2D eigenvalue weighted by atomic mass is 32.1. The zero-order chi connectivity index (χ0) is 17.1. The third kappa shape index (κ3) is 3.85. The highest BCUT2D eigenvalue weighted by Crippen LogP contribution is 2.31. The Morgan fingerprint density at radius 2 is 2.08 bits per heavy atom. The SMILES string of the molecule is COc1cccc2sc(NC(=O)CN3CCN(C(C)C)CC3)nc12. The summed E-state index contributed by atoms with van der Waals surface area (Å²) in [5.41, 5.74) is 0.797. The molecule has 6 nitrogen and oxygen atoms in total. The average molecular weight is 348 g/mol. The van der Waals surface area contributed by atoms with Gasteiger partial charge in [-0.05, 0) is 26.0 Å². The molecule has 1 amide bonds. The van der Waals surface area contributed by atoms with Gasteiger partial charge < -0.3 is 10.1 Å². The molecular weight excluding hydrogens is 324 g/mol. The van der Waals surface area contributed by atoms with E-state index in [0.29, 0.717) is 17.7 Å². The third-order valence-electron chi connectivity index (χ3n) is 4.35. The van der Waals surface area contributed by atoms with Gasteiger partial charge in [0.2, 0.25) is 5.91 Å². The highest BCUT2D eigenvalue weighted by molar-refractivity contribution is 7.22. The predicted octanol–water partition coefficient (Wildman–Crippen LogP) is 2.27. The van der Waals surface area contributed by atoms with Gasteiger partial charge in [0.1, 0.15) is 11.3 Å². The van der Waals surface area contributed by atoms with Gasteiger partial charge in [0.05, 0.1) is 18.4 Å². The molecule has 0 saturated carbocycles. The van der Waals surface area contributed by atoms with Crippen LogP contribution in [0.25, 0.3) is 10.2 Å². The minimum absolute atomic E-state index is 0.00831. The first-order valence-electron chi connectivity index (χ1n) is 8.26. The largest absolute Gasteiger partial charge is 0.494 e. The van der Waals surface area contributed by atoms with Crippen molar-refractivity contribution in [3.05, 3.63) is 18.2 Å². The van der Waals surface area contributed by atoms with Gasteiger partial charge in [-0.25, -0.2) is 4.98 Å². The van der Waals surface area contributed by atoms with Crippen LogP contribution in [0, 0.1) is 0 Å². The van der Waals surface area contributed by atoms with Crippen molar-refractivity contribution < 1.29 is 9.53 Å². The summed E-state index contributed by atoms with van der Waals surface area (Å²) in [5, 5.41) is 3.55. The number of para-hydroxylation sites is 1. The number of piperazine rings is 1. The van der Waals surface area contributed by atoms with Gasteiger partial charge in [-0.1, -0.05) is 17.4 Å². The summed E-state index contributed by atoms with van der Waals surface area (Å²) in [7, 11) is 1.63. The van der Waals surface area contributed by atoms with E-state index in [1.807, 2.05) is 18.2 Å². The first kappa shape index (κ1) is 17.1. The van der Waals surface area contributed by atoms with Crippen LogP contribution < -0.4 is 10.1 Å². The summed E-state index contributed by atoms with van der Waals surface area (Å²) in [4.78, 5) is 21.4. The van der Waals surface area contributed by atoms with E-state index in [1.165, 1.54) is 11.3 Å². The maximum absolute atomic E-state index is 12.3.